The van der Waals surface area contributed by atoms with Gasteiger partial charge in [0.1, 0.15) is 0 Å². The molecule has 0 fully saturated rings. The summed E-state index contributed by atoms with van der Waals surface area (Å²) in [6, 6.07) is 0. The van der Waals surface area contributed by atoms with Crippen LogP contribution in [-0.2, 0) is 4.74 Å². The summed E-state index contributed by atoms with van der Waals surface area (Å²) in [7, 11) is 2.03. The Bertz CT molecular complexity index is 106. The molecule has 0 aromatic rings. The molecule has 1 N–H and O–H groups in total. The molecule has 0 aromatic heterocycles. The summed E-state index contributed by atoms with van der Waals surface area (Å²) in [5.41, 5.74) is 0.268. The number of hydrogen-bond donors (Lipinski definition) is 1. The van der Waals surface area contributed by atoms with Crippen molar-refractivity contribution < 1.29 is 4.74 Å². The Hall–Kier alpha value is -0.0800. The minimum Gasteiger partial charge on any atom is -0.382 e. The van der Waals surface area contributed by atoms with Gasteiger partial charge in [0.2, 0.25) is 0 Å². The molecule has 1 atom stereocenters. The molecule has 0 aliphatic heterocycles. The van der Waals surface area contributed by atoms with E-state index in [1.807, 2.05) is 14.0 Å². The summed E-state index contributed by atoms with van der Waals surface area (Å²) < 4.78 is 5.34. The molecule has 0 spiro atoms. The van der Waals surface area contributed by atoms with Crippen molar-refractivity contribution in [2.45, 2.75) is 45.6 Å². The maximum Gasteiger partial charge on any atom is 0.0483 e. The number of rotatable bonds is 7. The summed E-state index contributed by atoms with van der Waals surface area (Å²) in [6.45, 7) is 8.21. The van der Waals surface area contributed by atoms with Gasteiger partial charge in [0.05, 0.1) is 0 Å². The van der Waals surface area contributed by atoms with Gasteiger partial charge in [-0.1, -0.05) is 13.3 Å². The van der Waals surface area contributed by atoms with Crippen molar-refractivity contribution in [1.82, 2.24) is 5.32 Å². The molecule has 0 radical (unpaired) electrons. The molecule has 1 unspecified atom stereocenters. The Balaban J connectivity index is 3.63. The molecule has 0 bridgehead atoms. The topological polar surface area (TPSA) is 21.3 Å². The second kappa shape index (κ2) is 6.44. The van der Waals surface area contributed by atoms with Gasteiger partial charge in [-0.3, -0.25) is 0 Å². The van der Waals surface area contributed by atoms with Crippen LogP contribution in [0.5, 0.6) is 0 Å². The van der Waals surface area contributed by atoms with Crippen LogP contribution < -0.4 is 5.32 Å². The first kappa shape index (κ1) is 11.9. The fourth-order valence-corrected chi connectivity index (χ4v) is 1.37. The van der Waals surface area contributed by atoms with Gasteiger partial charge >= 0.3 is 0 Å². The third-order valence-electron chi connectivity index (χ3n) is 2.41. The van der Waals surface area contributed by atoms with Gasteiger partial charge in [0.15, 0.2) is 0 Å². The lowest BCUT2D eigenvalue weighted by Gasteiger charge is -2.28. The minimum atomic E-state index is 0.268. The molecule has 2 heteroatoms. The predicted octanol–water partition coefficient (Wildman–Crippen LogP) is 2.19. The monoisotopic (exact) mass is 173 g/mol. The number of nitrogens with one attached hydrogen (secondary N) is 1. The fraction of sp³-hybridized carbons (Fsp3) is 1.00. The van der Waals surface area contributed by atoms with E-state index in [2.05, 4.69) is 19.2 Å². The molecule has 0 aromatic carbocycles. The standard InChI is InChI=1S/C10H23NO/c1-5-7-10(3,11-4)8-9-12-6-2/h11H,5-9H2,1-4H3. The SMILES string of the molecule is CCCC(C)(CCOCC)NC. The van der Waals surface area contributed by atoms with E-state index in [1.54, 1.807) is 0 Å². The molecule has 2 nitrogen and oxygen atoms in total. The highest BCUT2D eigenvalue weighted by Crippen LogP contribution is 2.15. The van der Waals surface area contributed by atoms with Crippen molar-refractivity contribution >= 4 is 0 Å². The molecule has 0 aliphatic carbocycles. The average Bonchev–Trinajstić information content (AvgIpc) is 2.06. The van der Waals surface area contributed by atoms with E-state index in [-0.39, 0.29) is 5.54 Å². The lowest BCUT2D eigenvalue weighted by molar-refractivity contribution is 0.119. The first-order chi connectivity index (χ1) is 5.68. The summed E-state index contributed by atoms with van der Waals surface area (Å²) in [4.78, 5) is 0. The van der Waals surface area contributed by atoms with Crippen LogP contribution >= 0.6 is 0 Å². The lowest BCUT2D eigenvalue weighted by atomic mass is 9.93. The van der Waals surface area contributed by atoms with Crippen molar-refractivity contribution in [1.29, 1.82) is 0 Å². The van der Waals surface area contributed by atoms with E-state index in [0.717, 1.165) is 19.6 Å². The predicted molar refractivity (Wildman–Crippen MR) is 53.5 cm³/mol. The molecular weight excluding hydrogens is 150 g/mol. The average molecular weight is 173 g/mol. The fourth-order valence-electron chi connectivity index (χ4n) is 1.37. The van der Waals surface area contributed by atoms with Gasteiger partial charge < -0.3 is 10.1 Å². The summed E-state index contributed by atoms with van der Waals surface area (Å²) in [6.07, 6.45) is 3.55. The molecule has 0 rings (SSSR count). The molecule has 0 amide bonds. The lowest BCUT2D eigenvalue weighted by Crippen LogP contribution is -2.40. The number of hydrogen-bond acceptors (Lipinski definition) is 2. The third kappa shape index (κ3) is 4.73. The van der Waals surface area contributed by atoms with Crippen LogP contribution in [-0.4, -0.2) is 25.8 Å². The maximum atomic E-state index is 5.34. The second-order valence-corrected chi connectivity index (χ2v) is 3.51. The summed E-state index contributed by atoms with van der Waals surface area (Å²) >= 11 is 0. The molecule has 0 saturated heterocycles. The molecule has 74 valence electrons. The van der Waals surface area contributed by atoms with Crippen LogP contribution in [0.25, 0.3) is 0 Å². The zero-order chi connectivity index (χ0) is 9.45. The normalized spacial score (nSPS) is 16.0. The van der Waals surface area contributed by atoms with Crippen molar-refractivity contribution in [3.05, 3.63) is 0 Å². The maximum absolute atomic E-state index is 5.34. The third-order valence-corrected chi connectivity index (χ3v) is 2.41. The smallest absolute Gasteiger partial charge is 0.0483 e. The van der Waals surface area contributed by atoms with E-state index in [9.17, 15) is 0 Å². The Kier molecular flexibility index (Phi) is 6.39. The van der Waals surface area contributed by atoms with Crippen LogP contribution in [0.3, 0.4) is 0 Å². The van der Waals surface area contributed by atoms with Gasteiger partial charge in [-0.05, 0) is 33.7 Å². The number of ether oxygens (including phenoxy) is 1. The largest absolute Gasteiger partial charge is 0.382 e. The summed E-state index contributed by atoms with van der Waals surface area (Å²) in [5, 5.41) is 3.36. The van der Waals surface area contributed by atoms with Crippen LogP contribution in [0.4, 0.5) is 0 Å². The van der Waals surface area contributed by atoms with Crippen LogP contribution in [0.2, 0.25) is 0 Å². The summed E-state index contributed by atoms with van der Waals surface area (Å²) in [5.74, 6) is 0. The van der Waals surface area contributed by atoms with Crippen molar-refractivity contribution in [3.63, 3.8) is 0 Å². The second-order valence-electron chi connectivity index (χ2n) is 3.51. The Morgan fingerprint density at radius 1 is 1.25 bits per heavy atom. The van der Waals surface area contributed by atoms with Crippen molar-refractivity contribution in [2.75, 3.05) is 20.3 Å². The molecule has 0 aliphatic rings. The van der Waals surface area contributed by atoms with Crippen molar-refractivity contribution in [3.8, 4) is 0 Å². The van der Waals surface area contributed by atoms with Gasteiger partial charge in [-0.2, -0.15) is 0 Å². The van der Waals surface area contributed by atoms with Crippen molar-refractivity contribution in [2.24, 2.45) is 0 Å². The Morgan fingerprint density at radius 3 is 2.33 bits per heavy atom. The van der Waals surface area contributed by atoms with Gasteiger partial charge in [-0.25, -0.2) is 0 Å². The van der Waals surface area contributed by atoms with E-state index in [0.29, 0.717) is 0 Å². The molecule has 12 heavy (non-hydrogen) atoms. The van der Waals surface area contributed by atoms with Crippen LogP contribution in [0.1, 0.15) is 40.0 Å². The van der Waals surface area contributed by atoms with Gasteiger partial charge in [-0.15, -0.1) is 0 Å². The zero-order valence-corrected chi connectivity index (χ0v) is 8.94. The Labute approximate surface area is 76.7 Å². The van der Waals surface area contributed by atoms with E-state index >= 15 is 0 Å². The minimum absolute atomic E-state index is 0.268. The van der Waals surface area contributed by atoms with Crippen LogP contribution in [0, 0.1) is 0 Å². The first-order valence-electron chi connectivity index (χ1n) is 4.95. The van der Waals surface area contributed by atoms with Gasteiger partial charge in [0, 0.05) is 18.8 Å². The van der Waals surface area contributed by atoms with E-state index in [1.165, 1.54) is 12.8 Å². The molecule has 0 heterocycles. The quantitative estimate of drug-likeness (QED) is 0.596. The molecule has 0 saturated carbocycles. The highest BCUT2D eigenvalue weighted by atomic mass is 16.5. The highest BCUT2D eigenvalue weighted by Gasteiger charge is 2.19. The van der Waals surface area contributed by atoms with E-state index in [4.69, 9.17) is 4.74 Å². The highest BCUT2D eigenvalue weighted by molar-refractivity contribution is 4.80. The van der Waals surface area contributed by atoms with Crippen LogP contribution in [0.15, 0.2) is 0 Å². The first-order valence-corrected chi connectivity index (χ1v) is 4.95. The molecular formula is C10H23NO. The Morgan fingerprint density at radius 2 is 1.92 bits per heavy atom. The zero-order valence-electron chi connectivity index (χ0n) is 8.94. The van der Waals surface area contributed by atoms with E-state index < -0.39 is 0 Å². The van der Waals surface area contributed by atoms with Gasteiger partial charge in [0.25, 0.3) is 0 Å².